The van der Waals surface area contributed by atoms with Crippen LogP contribution in [0, 0.1) is 33.6 Å². The van der Waals surface area contributed by atoms with Gasteiger partial charge < -0.3 is 5.32 Å². The van der Waals surface area contributed by atoms with Crippen LogP contribution in [0.3, 0.4) is 0 Å². The number of allylic oxidation sites excluding steroid dienone is 2. The average Bonchev–Trinajstić information content (AvgIpc) is 2.95. The zero-order valence-corrected chi connectivity index (χ0v) is 28.5. The lowest BCUT2D eigenvalue weighted by molar-refractivity contribution is -0.113. The SMILES string of the molecule is CC.CCC(C)CC.CCN/C(C)=C(\S)C(C)=O.Cc1cccc(C)c1.Cc1ccccc1.Cc1ccccc1. The van der Waals surface area contributed by atoms with Gasteiger partial charge in [-0.1, -0.05) is 155 Å². The van der Waals surface area contributed by atoms with E-state index in [1.54, 1.807) is 0 Å². The molecule has 1 N–H and O–H groups in total. The normalized spacial score (nSPS) is 9.65. The molecule has 0 radical (unpaired) electrons. The van der Waals surface area contributed by atoms with Crippen LogP contribution in [0.25, 0.3) is 0 Å². The van der Waals surface area contributed by atoms with Crippen LogP contribution < -0.4 is 5.32 Å². The number of ketones is 1. The molecule has 0 saturated carbocycles. The smallest absolute Gasteiger partial charge is 0.167 e. The van der Waals surface area contributed by atoms with Gasteiger partial charge in [0.1, 0.15) is 0 Å². The zero-order valence-electron chi connectivity index (χ0n) is 27.6. The van der Waals surface area contributed by atoms with Crippen molar-refractivity contribution in [3.8, 4) is 0 Å². The third-order valence-corrected chi connectivity index (χ3v) is 6.23. The second-order valence-corrected chi connectivity index (χ2v) is 9.90. The Morgan fingerprint density at radius 2 is 1.02 bits per heavy atom. The summed E-state index contributed by atoms with van der Waals surface area (Å²) < 4.78 is 0. The molecule has 0 aliphatic heterocycles. The number of thiol groups is 1. The van der Waals surface area contributed by atoms with E-state index in [2.05, 4.69) is 115 Å². The second kappa shape index (κ2) is 29.2. The summed E-state index contributed by atoms with van der Waals surface area (Å²) in [6.07, 6.45) is 2.66. The monoisotopic (exact) mass is 565 g/mol. The topological polar surface area (TPSA) is 29.1 Å². The molecule has 0 atom stereocenters. The molecule has 0 unspecified atom stereocenters. The zero-order chi connectivity index (χ0) is 31.3. The summed E-state index contributed by atoms with van der Waals surface area (Å²) in [5, 5.41) is 3.01. The van der Waals surface area contributed by atoms with Crippen LogP contribution >= 0.6 is 12.6 Å². The molecule has 0 fully saturated rings. The number of rotatable bonds is 5. The molecule has 0 aliphatic rings. The van der Waals surface area contributed by atoms with Crippen molar-refractivity contribution in [1.29, 1.82) is 0 Å². The number of aryl methyl sites for hydroxylation is 4. The van der Waals surface area contributed by atoms with Gasteiger partial charge in [0.05, 0.1) is 4.91 Å². The first-order chi connectivity index (χ1) is 19.0. The molecule has 0 spiro atoms. The maximum absolute atomic E-state index is 10.7. The van der Waals surface area contributed by atoms with Crippen molar-refractivity contribution in [3.63, 3.8) is 0 Å². The standard InChI is InChI=1S/C8H10.C7H13NOS.2C7H8.C6H14.C2H6/c1-7-4-3-5-8(2)6-7;1-4-8-5(2)7(10)6(3)9;2*1-7-5-3-2-4-6-7;1-4-6(3)5-2;1-2/h3-6H,1-2H3;8,10H,4H2,1-3H3;2*2-6H,1H3;6H,4-5H2,1-3H3;1-2H3/b;7-5-;;;;. The first kappa shape index (κ1) is 41.7. The number of carbonyl (C=O) groups is 1. The van der Waals surface area contributed by atoms with E-state index in [1.165, 1.54) is 42.0 Å². The molecule has 40 heavy (non-hydrogen) atoms. The van der Waals surface area contributed by atoms with Gasteiger partial charge in [-0.15, -0.1) is 12.6 Å². The van der Waals surface area contributed by atoms with E-state index in [1.807, 2.05) is 64.1 Å². The Morgan fingerprint density at radius 3 is 1.20 bits per heavy atom. The Balaban J connectivity index is -0.000000425. The highest BCUT2D eigenvalue weighted by Gasteiger charge is 2.00. The maximum atomic E-state index is 10.7. The highest BCUT2D eigenvalue weighted by atomic mass is 32.1. The summed E-state index contributed by atoms with van der Waals surface area (Å²) >= 11 is 4.02. The molecule has 3 heteroatoms. The number of hydrogen-bond acceptors (Lipinski definition) is 3. The molecule has 3 rings (SSSR count). The van der Waals surface area contributed by atoms with Gasteiger partial charge >= 0.3 is 0 Å². The fourth-order valence-corrected chi connectivity index (χ4v) is 2.86. The summed E-state index contributed by atoms with van der Waals surface area (Å²) in [5.74, 6) is 0.937. The molecular weight excluding hydrogens is 506 g/mol. The lowest BCUT2D eigenvalue weighted by atomic mass is 10.1. The predicted octanol–water partition coefficient (Wildman–Crippen LogP) is 11.1. The first-order valence-corrected chi connectivity index (χ1v) is 15.1. The Kier molecular flexibility index (Phi) is 30.4. The van der Waals surface area contributed by atoms with Gasteiger partial charge in [0.2, 0.25) is 0 Å². The third-order valence-electron chi connectivity index (χ3n) is 5.58. The Hall–Kier alpha value is -2.78. The summed E-state index contributed by atoms with van der Waals surface area (Å²) in [4.78, 5) is 11.2. The van der Waals surface area contributed by atoms with Gasteiger partial charge in [0, 0.05) is 12.2 Å². The fraction of sp³-hybridized carbons (Fsp3) is 0.432. The van der Waals surface area contributed by atoms with E-state index in [0.717, 1.165) is 18.2 Å². The minimum absolute atomic E-state index is 0.00165. The number of hydrogen-bond donors (Lipinski definition) is 2. The van der Waals surface area contributed by atoms with Crippen molar-refractivity contribution in [2.24, 2.45) is 5.92 Å². The van der Waals surface area contributed by atoms with Gasteiger partial charge in [0.15, 0.2) is 5.78 Å². The highest BCUT2D eigenvalue weighted by molar-refractivity contribution is 7.85. The number of carbonyl (C=O) groups excluding carboxylic acids is 1. The first-order valence-electron chi connectivity index (χ1n) is 14.7. The van der Waals surface area contributed by atoms with Crippen LogP contribution in [0.5, 0.6) is 0 Å². The van der Waals surface area contributed by atoms with Gasteiger partial charge in [-0.25, -0.2) is 0 Å². The van der Waals surface area contributed by atoms with Gasteiger partial charge in [0.25, 0.3) is 0 Å². The van der Waals surface area contributed by atoms with E-state index in [0.29, 0.717) is 4.91 Å². The Labute approximate surface area is 254 Å². The number of nitrogens with one attached hydrogen (secondary N) is 1. The van der Waals surface area contributed by atoms with Crippen LogP contribution in [0.2, 0.25) is 0 Å². The van der Waals surface area contributed by atoms with Crippen molar-refractivity contribution in [2.75, 3.05) is 6.54 Å². The van der Waals surface area contributed by atoms with E-state index in [9.17, 15) is 4.79 Å². The van der Waals surface area contributed by atoms with Gasteiger partial charge in [-0.2, -0.15) is 0 Å². The summed E-state index contributed by atoms with van der Waals surface area (Å²) in [5.41, 5.74) is 6.17. The molecule has 0 aromatic heterocycles. The molecular formula is C37H59NOS. The van der Waals surface area contributed by atoms with E-state index in [4.69, 9.17) is 0 Å². The molecule has 0 heterocycles. The molecule has 0 amide bonds. The Bertz CT molecular complexity index is 938. The number of Topliss-reactive ketones (excluding diaryl/α,β-unsaturated/α-hetero) is 1. The van der Waals surface area contributed by atoms with Crippen LogP contribution in [0.4, 0.5) is 0 Å². The minimum atomic E-state index is 0.00165. The van der Waals surface area contributed by atoms with E-state index in [-0.39, 0.29) is 5.78 Å². The van der Waals surface area contributed by atoms with Crippen LogP contribution in [0.15, 0.2) is 95.5 Å². The highest BCUT2D eigenvalue weighted by Crippen LogP contribution is 2.06. The van der Waals surface area contributed by atoms with Crippen LogP contribution in [0.1, 0.15) is 90.5 Å². The molecule has 0 bridgehead atoms. The molecule has 0 aliphatic carbocycles. The molecule has 224 valence electrons. The van der Waals surface area contributed by atoms with Gasteiger partial charge in [-0.05, 0) is 54.4 Å². The molecule has 3 aromatic carbocycles. The van der Waals surface area contributed by atoms with Crippen molar-refractivity contribution < 1.29 is 4.79 Å². The van der Waals surface area contributed by atoms with Crippen molar-refractivity contribution in [1.82, 2.24) is 5.32 Å². The maximum Gasteiger partial charge on any atom is 0.167 e. The second-order valence-electron chi connectivity index (χ2n) is 9.45. The molecule has 3 aromatic rings. The van der Waals surface area contributed by atoms with E-state index >= 15 is 0 Å². The summed E-state index contributed by atoms with van der Waals surface area (Å²) in [7, 11) is 0. The van der Waals surface area contributed by atoms with Crippen molar-refractivity contribution in [3.05, 3.63) is 118 Å². The summed E-state index contributed by atoms with van der Waals surface area (Å²) in [6.45, 7) is 25.3. The lowest BCUT2D eigenvalue weighted by Crippen LogP contribution is -2.12. The largest absolute Gasteiger partial charge is 0.388 e. The Morgan fingerprint density at radius 1 is 0.675 bits per heavy atom. The van der Waals surface area contributed by atoms with E-state index < -0.39 is 0 Å². The molecule has 2 nitrogen and oxygen atoms in total. The quantitative estimate of drug-likeness (QED) is 0.238. The van der Waals surface area contributed by atoms with Crippen molar-refractivity contribution in [2.45, 2.75) is 95.9 Å². The lowest BCUT2D eigenvalue weighted by Gasteiger charge is -2.04. The van der Waals surface area contributed by atoms with Crippen LogP contribution in [-0.2, 0) is 4.79 Å². The molecule has 0 saturated heterocycles. The predicted molar refractivity (Wildman–Crippen MR) is 185 cm³/mol. The minimum Gasteiger partial charge on any atom is -0.388 e. The average molecular weight is 566 g/mol. The fourth-order valence-electron chi connectivity index (χ4n) is 2.78. The van der Waals surface area contributed by atoms with Gasteiger partial charge in [-0.3, -0.25) is 4.79 Å². The third kappa shape index (κ3) is 28.2. The number of benzene rings is 3. The summed E-state index contributed by atoms with van der Waals surface area (Å²) in [6, 6.07) is 29.0. The van der Waals surface area contributed by atoms with Crippen LogP contribution in [-0.4, -0.2) is 12.3 Å². The van der Waals surface area contributed by atoms with Crippen molar-refractivity contribution >= 4 is 18.4 Å².